The largest absolute Gasteiger partial charge is 0.448 e. The van der Waals surface area contributed by atoms with Crippen LogP contribution >= 0.6 is 0 Å². The van der Waals surface area contributed by atoms with Crippen molar-refractivity contribution in [2.75, 3.05) is 10.6 Å². The Balaban J connectivity index is 1.93. The van der Waals surface area contributed by atoms with Gasteiger partial charge in [-0.05, 0) is 44.2 Å². The number of carbonyl (C=O) groups is 4. The molecule has 1 heterocycles. The number of ketones is 1. The quantitative estimate of drug-likeness (QED) is 0.542. The average Bonchev–Trinajstić information content (AvgIpc) is 3.06. The molecule has 0 spiro atoms. The van der Waals surface area contributed by atoms with Crippen molar-refractivity contribution in [3.05, 3.63) is 47.8 Å². The van der Waals surface area contributed by atoms with Crippen LogP contribution in [-0.4, -0.2) is 34.7 Å². The van der Waals surface area contributed by atoms with Crippen LogP contribution in [0.25, 0.3) is 0 Å². The summed E-state index contributed by atoms with van der Waals surface area (Å²) >= 11 is 0. The minimum atomic E-state index is -1.04. The summed E-state index contributed by atoms with van der Waals surface area (Å²) in [5, 5.41) is 5.22. The van der Waals surface area contributed by atoms with Gasteiger partial charge in [0, 0.05) is 30.1 Å². The van der Waals surface area contributed by atoms with E-state index in [0.717, 1.165) is 0 Å². The highest BCUT2D eigenvalue weighted by Gasteiger charge is 2.20. The minimum absolute atomic E-state index is 0.0921. The summed E-state index contributed by atoms with van der Waals surface area (Å²) in [7, 11) is 0. The van der Waals surface area contributed by atoms with E-state index in [4.69, 9.17) is 4.74 Å². The van der Waals surface area contributed by atoms with Crippen LogP contribution in [0.5, 0.6) is 0 Å². The molecule has 136 valence electrons. The number of amides is 2. The topological polar surface area (TPSA) is 117 Å². The second-order valence-electron chi connectivity index (χ2n) is 5.65. The van der Waals surface area contributed by atoms with E-state index in [1.807, 2.05) is 0 Å². The van der Waals surface area contributed by atoms with Crippen LogP contribution in [0.15, 0.2) is 36.5 Å². The second kappa shape index (κ2) is 8.11. The van der Waals surface area contributed by atoms with Gasteiger partial charge in [0.05, 0.1) is 0 Å². The van der Waals surface area contributed by atoms with Gasteiger partial charge in [0.2, 0.25) is 5.91 Å². The van der Waals surface area contributed by atoms with Crippen LogP contribution in [-0.2, 0) is 14.3 Å². The highest BCUT2D eigenvalue weighted by Crippen LogP contribution is 2.14. The van der Waals surface area contributed by atoms with E-state index in [2.05, 4.69) is 15.6 Å². The Morgan fingerprint density at radius 3 is 2.08 bits per heavy atom. The number of rotatable bonds is 6. The lowest BCUT2D eigenvalue weighted by atomic mass is 10.2. The van der Waals surface area contributed by atoms with Crippen LogP contribution in [0.2, 0.25) is 0 Å². The van der Waals surface area contributed by atoms with E-state index in [9.17, 15) is 19.2 Å². The smallest absolute Gasteiger partial charge is 0.355 e. The number of aromatic amines is 1. The van der Waals surface area contributed by atoms with Crippen molar-refractivity contribution in [1.29, 1.82) is 0 Å². The molecule has 8 nitrogen and oxygen atoms in total. The molecular formula is C18H19N3O5. The molecule has 0 saturated heterocycles. The number of anilines is 2. The number of hydrogen-bond acceptors (Lipinski definition) is 5. The fraction of sp³-hybridized carbons (Fsp3) is 0.222. The first-order chi connectivity index (χ1) is 12.3. The van der Waals surface area contributed by atoms with Crippen LogP contribution in [0.4, 0.5) is 11.4 Å². The Hall–Kier alpha value is -3.42. The van der Waals surface area contributed by atoms with E-state index in [1.165, 1.54) is 33.0 Å². The van der Waals surface area contributed by atoms with Crippen molar-refractivity contribution >= 4 is 34.9 Å². The van der Waals surface area contributed by atoms with E-state index >= 15 is 0 Å². The molecule has 0 fully saturated rings. The molecule has 2 aromatic rings. The van der Waals surface area contributed by atoms with Crippen molar-refractivity contribution in [3.8, 4) is 0 Å². The summed E-state index contributed by atoms with van der Waals surface area (Å²) in [5.41, 5.74) is 1.54. The summed E-state index contributed by atoms with van der Waals surface area (Å²) in [5.74, 6) is -1.63. The van der Waals surface area contributed by atoms with Crippen LogP contribution in [0.3, 0.4) is 0 Å². The van der Waals surface area contributed by atoms with Crippen LogP contribution in [0.1, 0.15) is 41.6 Å². The van der Waals surface area contributed by atoms with Gasteiger partial charge in [-0.3, -0.25) is 14.4 Å². The summed E-state index contributed by atoms with van der Waals surface area (Å²) in [4.78, 5) is 49.0. The maximum atomic E-state index is 12.1. The average molecular weight is 357 g/mol. The number of benzene rings is 1. The molecule has 0 aliphatic carbocycles. The van der Waals surface area contributed by atoms with Crippen molar-refractivity contribution < 1.29 is 23.9 Å². The molecule has 0 saturated carbocycles. The van der Waals surface area contributed by atoms with Crippen LogP contribution in [0, 0.1) is 0 Å². The van der Waals surface area contributed by atoms with Gasteiger partial charge in [0.25, 0.3) is 5.91 Å². The normalized spacial score (nSPS) is 11.3. The van der Waals surface area contributed by atoms with Crippen molar-refractivity contribution in [3.63, 3.8) is 0 Å². The lowest BCUT2D eigenvalue weighted by Crippen LogP contribution is -2.30. The van der Waals surface area contributed by atoms with Gasteiger partial charge in [0.15, 0.2) is 11.9 Å². The monoisotopic (exact) mass is 357 g/mol. The van der Waals surface area contributed by atoms with Gasteiger partial charge in [0.1, 0.15) is 5.69 Å². The Bertz CT molecular complexity index is 839. The number of nitrogens with one attached hydrogen (secondary N) is 3. The zero-order chi connectivity index (χ0) is 19.3. The third-order valence-electron chi connectivity index (χ3n) is 3.44. The van der Waals surface area contributed by atoms with Crippen molar-refractivity contribution in [2.45, 2.75) is 26.9 Å². The molecule has 0 aliphatic heterocycles. The molecule has 8 heteroatoms. The summed E-state index contributed by atoms with van der Waals surface area (Å²) in [6.45, 7) is 4.22. The number of carbonyl (C=O) groups excluding carboxylic acids is 4. The lowest BCUT2D eigenvalue weighted by Gasteiger charge is -2.13. The third kappa shape index (κ3) is 5.04. The number of esters is 1. The molecule has 0 bridgehead atoms. The van der Waals surface area contributed by atoms with Gasteiger partial charge < -0.3 is 20.4 Å². The Morgan fingerprint density at radius 1 is 1.00 bits per heavy atom. The first kappa shape index (κ1) is 18.9. The van der Waals surface area contributed by atoms with Gasteiger partial charge >= 0.3 is 5.97 Å². The van der Waals surface area contributed by atoms with Gasteiger partial charge in [-0.2, -0.15) is 0 Å². The lowest BCUT2D eigenvalue weighted by molar-refractivity contribution is -0.123. The SMILES string of the molecule is CC(=O)Nc1ccc(NC(=O)[C@H](C)OC(=O)c2cc(C(C)=O)c[nH]2)cc1. The molecule has 1 atom stereocenters. The van der Waals surface area contributed by atoms with Crippen molar-refractivity contribution in [2.24, 2.45) is 0 Å². The number of ether oxygens (including phenoxy) is 1. The molecule has 0 unspecified atom stereocenters. The molecule has 26 heavy (non-hydrogen) atoms. The van der Waals surface area contributed by atoms with Gasteiger partial charge in [-0.1, -0.05) is 0 Å². The fourth-order valence-corrected chi connectivity index (χ4v) is 2.08. The minimum Gasteiger partial charge on any atom is -0.448 e. The molecule has 1 aromatic heterocycles. The fourth-order valence-electron chi connectivity index (χ4n) is 2.08. The molecule has 0 radical (unpaired) electrons. The zero-order valence-electron chi connectivity index (χ0n) is 14.6. The predicted molar refractivity (Wildman–Crippen MR) is 95.1 cm³/mol. The summed E-state index contributed by atoms with van der Waals surface area (Å²) < 4.78 is 5.09. The third-order valence-corrected chi connectivity index (χ3v) is 3.44. The van der Waals surface area contributed by atoms with Gasteiger partial charge in [-0.15, -0.1) is 0 Å². The molecular weight excluding hydrogens is 338 g/mol. The van der Waals surface area contributed by atoms with E-state index in [1.54, 1.807) is 24.3 Å². The highest BCUT2D eigenvalue weighted by atomic mass is 16.5. The maximum Gasteiger partial charge on any atom is 0.355 e. The van der Waals surface area contributed by atoms with Gasteiger partial charge in [-0.25, -0.2) is 4.79 Å². The molecule has 3 N–H and O–H groups in total. The first-order valence-electron chi connectivity index (χ1n) is 7.85. The standard InChI is InChI=1S/C18H19N3O5/c1-10(22)13-8-16(19-9-13)18(25)26-11(2)17(24)21-15-6-4-14(5-7-15)20-12(3)23/h4-9,11,19H,1-3H3,(H,20,23)(H,21,24)/t11-/m0/s1. The molecule has 2 amide bonds. The number of hydrogen-bond donors (Lipinski definition) is 3. The maximum absolute atomic E-state index is 12.1. The van der Waals surface area contributed by atoms with E-state index in [-0.39, 0.29) is 17.4 Å². The van der Waals surface area contributed by atoms with E-state index in [0.29, 0.717) is 16.9 Å². The predicted octanol–water partition coefficient (Wildman–Crippen LogP) is 2.36. The Morgan fingerprint density at radius 2 is 1.58 bits per heavy atom. The Labute approximate surface area is 149 Å². The number of Topliss-reactive ketones (excluding diaryl/α,β-unsaturated/α-hetero) is 1. The van der Waals surface area contributed by atoms with Crippen molar-refractivity contribution in [1.82, 2.24) is 4.98 Å². The Kier molecular flexibility index (Phi) is 5.90. The number of H-pyrrole nitrogens is 1. The second-order valence-corrected chi connectivity index (χ2v) is 5.65. The highest BCUT2D eigenvalue weighted by molar-refractivity contribution is 5.99. The molecule has 0 aliphatic rings. The molecule has 2 rings (SSSR count). The van der Waals surface area contributed by atoms with E-state index < -0.39 is 18.0 Å². The van der Waals surface area contributed by atoms with Crippen LogP contribution < -0.4 is 10.6 Å². The number of aromatic nitrogens is 1. The summed E-state index contributed by atoms with van der Waals surface area (Å²) in [6.07, 6.45) is 0.363. The zero-order valence-corrected chi connectivity index (χ0v) is 14.6. The first-order valence-corrected chi connectivity index (χ1v) is 7.85. The summed E-state index contributed by atoms with van der Waals surface area (Å²) in [6, 6.07) is 7.87. The molecule has 1 aromatic carbocycles.